The summed E-state index contributed by atoms with van der Waals surface area (Å²) >= 11 is 0. The van der Waals surface area contributed by atoms with Crippen molar-refractivity contribution in [1.82, 2.24) is 10.6 Å². The van der Waals surface area contributed by atoms with Gasteiger partial charge in [0.15, 0.2) is 5.96 Å². The Morgan fingerprint density at radius 2 is 1.91 bits per heavy atom. The average molecular weight is 427 g/mol. The Kier molecular flexibility index (Phi) is 9.31. The number of alkyl halides is 2. The van der Waals surface area contributed by atoms with Crippen LogP contribution in [-0.2, 0) is 6.54 Å². The Bertz CT molecular complexity index is 476. The molecule has 0 fully saturated rings. The lowest BCUT2D eigenvalue weighted by molar-refractivity contribution is -0.0504. The van der Waals surface area contributed by atoms with Crippen LogP contribution in [0.15, 0.2) is 29.3 Å². The molecule has 2 N–H and O–H groups in total. The number of halogens is 3. The van der Waals surface area contributed by atoms with Crippen LogP contribution in [0.5, 0.6) is 5.75 Å². The maximum Gasteiger partial charge on any atom is 0.387 e. The monoisotopic (exact) mass is 427 g/mol. The highest BCUT2D eigenvalue weighted by atomic mass is 127. The maximum atomic E-state index is 12.4. The molecule has 1 aromatic carbocycles. The standard InChI is InChI=1S/C15H23F2N3O.HI/c1-5-18-14(20-15(2,3)4)19-10-11-8-6-7-9-12(11)21-13(16)17;/h6-9,13H,5,10H2,1-4H3,(H2,18,19,20);1H. The zero-order valence-corrected chi connectivity index (χ0v) is 15.7. The molecule has 0 bridgehead atoms. The van der Waals surface area contributed by atoms with Gasteiger partial charge < -0.3 is 15.4 Å². The van der Waals surface area contributed by atoms with E-state index in [0.29, 0.717) is 11.5 Å². The van der Waals surface area contributed by atoms with Gasteiger partial charge in [-0.05, 0) is 33.8 Å². The molecule has 0 saturated heterocycles. The van der Waals surface area contributed by atoms with Gasteiger partial charge in [-0.3, -0.25) is 0 Å². The molecule has 22 heavy (non-hydrogen) atoms. The van der Waals surface area contributed by atoms with Gasteiger partial charge in [0.25, 0.3) is 0 Å². The van der Waals surface area contributed by atoms with Gasteiger partial charge in [-0.25, -0.2) is 4.99 Å². The minimum atomic E-state index is -2.84. The molecule has 126 valence electrons. The van der Waals surface area contributed by atoms with Gasteiger partial charge in [-0.15, -0.1) is 24.0 Å². The molecule has 1 rings (SSSR count). The Hall–Kier alpha value is -1.12. The van der Waals surface area contributed by atoms with Crippen molar-refractivity contribution in [2.45, 2.75) is 46.4 Å². The lowest BCUT2D eigenvalue weighted by Crippen LogP contribution is -2.47. The minimum absolute atomic E-state index is 0. The first-order valence-electron chi connectivity index (χ1n) is 6.91. The molecule has 0 spiro atoms. The number of hydrogen-bond donors (Lipinski definition) is 2. The van der Waals surface area contributed by atoms with Crippen molar-refractivity contribution in [2.75, 3.05) is 6.54 Å². The highest BCUT2D eigenvalue weighted by Crippen LogP contribution is 2.20. The van der Waals surface area contributed by atoms with Crippen LogP contribution in [0.2, 0.25) is 0 Å². The van der Waals surface area contributed by atoms with E-state index in [4.69, 9.17) is 0 Å². The third-order valence-electron chi connectivity index (χ3n) is 2.43. The normalized spacial score (nSPS) is 11.9. The molecule has 0 aliphatic rings. The van der Waals surface area contributed by atoms with Crippen LogP contribution in [0.1, 0.15) is 33.3 Å². The summed E-state index contributed by atoms with van der Waals surface area (Å²) in [6.07, 6.45) is 0. The quantitative estimate of drug-likeness (QED) is 0.428. The SMILES string of the molecule is CCNC(=NCc1ccccc1OC(F)F)NC(C)(C)C.I. The van der Waals surface area contributed by atoms with E-state index in [1.165, 1.54) is 6.07 Å². The minimum Gasteiger partial charge on any atom is -0.434 e. The average Bonchev–Trinajstić information content (AvgIpc) is 2.35. The molecule has 7 heteroatoms. The van der Waals surface area contributed by atoms with E-state index in [0.717, 1.165) is 6.54 Å². The summed E-state index contributed by atoms with van der Waals surface area (Å²) in [6.45, 7) is 6.17. The van der Waals surface area contributed by atoms with Crippen LogP contribution >= 0.6 is 24.0 Å². The lowest BCUT2D eigenvalue weighted by Gasteiger charge is -2.23. The Balaban J connectivity index is 0.00000441. The third kappa shape index (κ3) is 8.35. The number of para-hydroxylation sites is 1. The van der Waals surface area contributed by atoms with E-state index >= 15 is 0 Å². The van der Waals surface area contributed by atoms with Crippen LogP contribution < -0.4 is 15.4 Å². The summed E-state index contributed by atoms with van der Waals surface area (Å²) in [6, 6.07) is 6.67. The summed E-state index contributed by atoms with van der Waals surface area (Å²) in [5, 5.41) is 6.36. The molecule has 0 atom stereocenters. The second-order valence-electron chi connectivity index (χ2n) is 5.56. The molecule has 0 aliphatic carbocycles. The van der Waals surface area contributed by atoms with E-state index in [1.54, 1.807) is 18.2 Å². The highest BCUT2D eigenvalue weighted by Gasteiger charge is 2.12. The number of benzene rings is 1. The van der Waals surface area contributed by atoms with Crippen LogP contribution in [0.4, 0.5) is 8.78 Å². The number of hydrogen-bond acceptors (Lipinski definition) is 2. The van der Waals surface area contributed by atoms with E-state index in [2.05, 4.69) is 20.4 Å². The van der Waals surface area contributed by atoms with Gasteiger partial charge in [0, 0.05) is 17.6 Å². The van der Waals surface area contributed by atoms with Gasteiger partial charge in [0.1, 0.15) is 5.75 Å². The number of guanidine groups is 1. The van der Waals surface area contributed by atoms with Crippen molar-refractivity contribution in [1.29, 1.82) is 0 Å². The summed E-state index contributed by atoms with van der Waals surface area (Å²) < 4.78 is 29.2. The molecule has 4 nitrogen and oxygen atoms in total. The number of nitrogens with one attached hydrogen (secondary N) is 2. The van der Waals surface area contributed by atoms with Gasteiger partial charge >= 0.3 is 6.61 Å². The molecule has 0 unspecified atom stereocenters. The first-order chi connectivity index (χ1) is 9.81. The topological polar surface area (TPSA) is 45.7 Å². The second kappa shape index (κ2) is 9.81. The third-order valence-corrected chi connectivity index (χ3v) is 2.43. The van der Waals surface area contributed by atoms with Crippen molar-refractivity contribution in [3.05, 3.63) is 29.8 Å². The largest absolute Gasteiger partial charge is 0.434 e. The summed E-state index contributed by atoms with van der Waals surface area (Å²) in [4.78, 5) is 4.41. The fraction of sp³-hybridized carbons (Fsp3) is 0.533. The first kappa shape index (κ1) is 20.9. The van der Waals surface area contributed by atoms with Gasteiger partial charge in [-0.2, -0.15) is 8.78 Å². The van der Waals surface area contributed by atoms with Crippen LogP contribution in [0.25, 0.3) is 0 Å². The molecule has 0 saturated carbocycles. The molecular formula is C15H24F2IN3O. The number of aliphatic imine (C=N–C) groups is 1. The molecule has 0 aliphatic heterocycles. The maximum absolute atomic E-state index is 12.4. The van der Waals surface area contributed by atoms with Crippen molar-refractivity contribution in [3.8, 4) is 5.75 Å². The smallest absolute Gasteiger partial charge is 0.387 e. The Morgan fingerprint density at radius 3 is 2.45 bits per heavy atom. The molecule has 1 aromatic rings. The van der Waals surface area contributed by atoms with Crippen LogP contribution in [-0.4, -0.2) is 24.7 Å². The zero-order valence-electron chi connectivity index (χ0n) is 13.3. The van der Waals surface area contributed by atoms with E-state index in [1.807, 2.05) is 27.7 Å². The van der Waals surface area contributed by atoms with E-state index < -0.39 is 6.61 Å². The summed E-state index contributed by atoms with van der Waals surface area (Å²) in [5.74, 6) is 0.791. The fourth-order valence-corrected chi connectivity index (χ4v) is 1.67. The Labute approximate surface area is 147 Å². The highest BCUT2D eigenvalue weighted by molar-refractivity contribution is 14.0. The lowest BCUT2D eigenvalue weighted by atomic mass is 10.1. The van der Waals surface area contributed by atoms with Crippen molar-refractivity contribution in [2.24, 2.45) is 4.99 Å². The number of rotatable bonds is 5. The van der Waals surface area contributed by atoms with Gasteiger partial charge in [0.2, 0.25) is 0 Å². The molecule has 0 heterocycles. The number of nitrogens with zero attached hydrogens (tertiary/aromatic N) is 1. The number of ether oxygens (including phenoxy) is 1. The second-order valence-corrected chi connectivity index (χ2v) is 5.56. The zero-order chi connectivity index (χ0) is 15.9. The predicted octanol–water partition coefficient (Wildman–Crippen LogP) is 3.76. The van der Waals surface area contributed by atoms with Crippen LogP contribution in [0, 0.1) is 0 Å². The Morgan fingerprint density at radius 1 is 1.27 bits per heavy atom. The first-order valence-corrected chi connectivity index (χ1v) is 6.91. The molecule has 0 amide bonds. The van der Waals surface area contributed by atoms with E-state index in [-0.39, 0.29) is 41.8 Å². The molecular weight excluding hydrogens is 403 g/mol. The van der Waals surface area contributed by atoms with E-state index in [9.17, 15) is 8.78 Å². The predicted molar refractivity (Wildman–Crippen MR) is 96.2 cm³/mol. The summed E-state index contributed by atoms with van der Waals surface area (Å²) in [5.41, 5.74) is 0.476. The fourth-order valence-electron chi connectivity index (χ4n) is 1.67. The van der Waals surface area contributed by atoms with Crippen molar-refractivity contribution >= 4 is 29.9 Å². The van der Waals surface area contributed by atoms with Crippen LogP contribution in [0.3, 0.4) is 0 Å². The molecule has 0 radical (unpaired) electrons. The van der Waals surface area contributed by atoms with Crippen molar-refractivity contribution < 1.29 is 13.5 Å². The van der Waals surface area contributed by atoms with Gasteiger partial charge in [0.05, 0.1) is 6.54 Å². The van der Waals surface area contributed by atoms with Crippen molar-refractivity contribution in [3.63, 3.8) is 0 Å². The van der Waals surface area contributed by atoms with Gasteiger partial charge in [-0.1, -0.05) is 18.2 Å². The summed E-state index contributed by atoms with van der Waals surface area (Å²) in [7, 11) is 0. The molecule has 0 aromatic heterocycles.